The van der Waals surface area contributed by atoms with Crippen molar-refractivity contribution < 1.29 is 18.3 Å². The van der Waals surface area contributed by atoms with Crippen molar-refractivity contribution in [2.24, 2.45) is 0 Å². The van der Waals surface area contributed by atoms with Crippen LogP contribution in [-0.4, -0.2) is 12.9 Å². The first-order valence-corrected chi connectivity index (χ1v) is 5.54. The number of ether oxygens (including phenoxy) is 1. The normalized spacial score (nSPS) is 12.7. The molecule has 2 aromatic carbocycles. The lowest BCUT2D eigenvalue weighted by Gasteiger charge is -2.08. The molecule has 0 saturated carbocycles. The van der Waals surface area contributed by atoms with Crippen LogP contribution in [0.4, 0.5) is 8.78 Å². The van der Waals surface area contributed by atoms with Crippen LogP contribution in [0.2, 0.25) is 0 Å². The van der Waals surface area contributed by atoms with Crippen LogP contribution < -0.4 is 4.74 Å². The maximum absolute atomic E-state index is 12.1. The van der Waals surface area contributed by atoms with Crippen LogP contribution in [0.15, 0.2) is 36.4 Å². The maximum Gasteiger partial charge on any atom is 0.387 e. The van der Waals surface area contributed by atoms with E-state index in [9.17, 15) is 13.6 Å². The number of carbonyl (C=O) groups is 1. The lowest BCUT2D eigenvalue weighted by atomic mass is 9.99. The van der Waals surface area contributed by atoms with E-state index >= 15 is 0 Å². The van der Waals surface area contributed by atoms with Crippen molar-refractivity contribution in [1.29, 1.82) is 0 Å². The van der Waals surface area contributed by atoms with Gasteiger partial charge in [-0.3, -0.25) is 0 Å². The van der Waals surface area contributed by atoms with E-state index in [2.05, 4.69) is 4.74 Å². The molecule has 0 bridgehead atoms. The third kappa shape index (κ3) is 2.64. The van der Waals surface area contributed by atoms with Crippen LogP contribution in [0.3, 0.4) is 0 Å². The van der Waals surface area contributed by atoms with Gasteiger partial charge in [0, 0.05) is 5.92 Å². The summed E-state index contributed by atoms with van der Waals surface area (Å²) in [4.78, 5) is 10.7. The smallest absolute Gasteiger partial charge is 0.387 e. The van der Waals surface area contributed by atoms with E-state index in [0.29, 0.717) is 0 Å². The van der Waals surface area contributed by atoms with Crippen LogP contribution in [-0.2, 0) is 4.79 Å². The molecule has 2 rings (SSSR count). The molecule has 1 unspecified atom stereocenters. The minimum absolute atomic E-state index is 0.133. The summed E-state index contributed by atoms with van der Waals surface area (Å²) in [6.07, 6.45) is 0.870. The number of rotatable bonds is 4. The fourth-order valence-electron chi connectivity index (χ4n) is 1.78. The molecule has 0 aliphatic rings. The Morgan fingerprint density at radius 3 is 2.44 bits per heavy atom. The summed E-state index contributed by atoms with van der Waals surface area (Å²) in [5.41, 5.74) is 0.903. The Hall–Kier alpha value is -1.97. The average molecular weight is 250 g/mol. The third-order valence-electron chi connectivity index (χ3n) is 2.79. The summed E-state index contributed by atoms with van der Waals surface area (Å²) in [5.74, 6) is -0.0416. The molecule has 18 heavy (non-hydrogen) atoms. The molecule has 0 aliphatic heterocycles. The van der Waals surface area contributed by atoms with Gasteiger partial charge in [-0.05, 0) is 28.5 Å². The van der Waals surface area contributed by atoms with Gasteiger partial charge >= 0.3 is 6.61 Å². The monoisotopic (exact) mass is 250 g/mol. The minimum Gasteiger partial charge on any atom is -0.435 e. The molecular formula is C14H12F2O2. The van der Waals surface area contributed by atoms with E-state index in [1.54, 1.807) is 18.2 Å². The van der Waals surface area contributed by atoms with E-state index < -0.39 is 6.61 Å². The summed E-state index contributed by atoms with van der Waals surface area (Å²) in [6.45, 7) is -1.01. The summed E-state index contributed by atoms with van der Waals surface area (Å²) in [5, 5.41) is 1.69. The highest BCUT2D eigenvalue weighted by Gasteiger charge is 2.07. The van der Waals surface area contributed by atoms with Gasteiger partial charge in [-0.1, -0.05) is 31.2 Å². The van der Waals surface area contributed by atoms with Gasteiger partial charge in [0.1, 0.15) is 12.0 Å². The van der Waals surface area contributed by atoms with Crippen molar-refractivity contribution in [1.82, 2.24) is 0 Å². The molecule has 0 radical (unpaired) electrons. The topological polar surface area (TPSA) is 26.3 Å². The van der Waals surface area contributed by atoms with Crippen LogP contribution in [0.1, 0.15) is 18.4 Å². The zero-order valence-electron chi connectivity index (χ0n) is 9.77. The molecule has 2 nitrogen and oxygen atoms in total. The second-order valence-electron chi connectivity index (χ2n) is 4.07. The van der Waals surface area contributed by atoms with Crippen LogP contribution >= 0.6 is 0 Å². The van der Waals surface area contributed by atoms with E-state index in [0.717, 1.165) is 22.6 Å². The quantitative estimate of drug-likeness (QED) is 0.772. The van der Waals surface area contributed by atoms with Gasteiger partial charge in [0.25, 0.3) is 0 Å². The lowest BCUT2D eigenvalue weighted by molar-refractivity contribution is -0.108. The number of carbonyl (C=O) groups excluding carboxylic acids is 1. The molecule has 0 amide bonds. The Balaban J connectivity index is 2.38. The molecule has 0 N–H and O–H groups in total. The Kier molecular flexibility index (Phi) is 3.55. The zero-order valence-corrected chi connectivity index (χ0v) is 9.77. The van der Waals surface area contributed by atoms with E-state index in [4.69, 9.17) is 0 Å². The summed E-state index contributed by atoms with van der Waals surface area (Å²) in [7, 11) is 0. The van der Waals surface area contributed by atoms with Crippen molar-refractivity contribution in [3.8, 4) is 5.75 Å². The molecule has 94 valence electrons. The second-order valence-corrected chi connectivity index (χ2v) is 4.07. The fraction of sp³-hybridized carbons (Fsp3) is 0.214. The largest absolute Gasteiger partial charge is 0.435 e. The van der Waals surface area contributed by atoms with Gasteiger partial charge in [0.05, 0.1) is 0 Å². The fourth-order valence-corrected chi connectivity index (χ4v) is 1.78. The predicted octanol–water partition coefficient (Wildman–Crippen LogP) is 3.74. The summed E-state index contributed by atoms with van der Waals surface area (Å²) < 4.78 is 28.5. The Bertz CT molecular complexity index is 567. The van der Waals surface area contributed by atoms with Crippen LogP contribution in [0.5, 0.6) is 5.75 Å². The average Bonchev–Trinajstić information content (AvgIpc) is 2.36. The SMILES string of the molecule is CC(C=O)c1ccc2cc(OC(F)F)ccc2c1. The second kappa shape index (κ2) is 5.12. The van der Waals surface area contributed by atoms with E-state index in [1.165, 1.54) is 6.07 Å². The first-order chi connectivity index (χ1) is 8.60. The number of alkyl halides is 2. The number of benzene rings is 2. The molecule has 0 aliphatic carbocycles. The van der Waals surface area contributed by atoms with Gasteiger partial charge < -0.3 is 9.53 Å². The molecule has 4 heteroatoms. The van der Waals surface area contributed by atoms with E-state index in [-0.39, 0.29) is 11.7 Å². The molecule has 1 atom stereocenters. The summed E-state index contributed by atoms with van der Waals surface area (Å²) in [6, 6.07) is 10.2. The van der Waals surface area contributed by atoms with Crippen LogP contribution in [0, 0.1) is 0 Å². The van der Waals surface area contributed by atoms with Gasteiger partial charge in [-0.2, -0.15) is 8.78 Å². The van der Waals surface area contributed by atoms with Crippen molar-refractivity contribution in [3.05, 3.63) is 42.0 Å². The number of hydrogen-bond donors (Lipinski definition) is 0. The molecule has 0 fully saturated rings. The molecule has 2 aromatic rings. The minimum atomic E-state index is -2.82. The summed E-state index contributed by atoms with van der Waals surface area (Å²) >= 11 is 0. The third-order valence-corrected chi connectivity index (χ3v) is 2.79. The highest BCUT2D eigenvalue weighted by atomic mass is 19.3. The standard InChI is InChI=1S/C14H12F2O2/c1-9(8-17)10-2-3-12-7-13(18-14(15)16)5-4-11(12)6-10/h2-9,14H,1H3. The molecular weight excluding hydrogens is 238 g/mol. The molecule has 0 spiro atoms. The Morgan fingerprint density at radius 2 is 1.78 bits per heavy atom. The van der Waals surface area contributed by atoms with Crippen molar-refractivity contribution >= 4 is 17.1 Å². The molecule has 0 saturated heterocycles. The van der Waals surface area contributed by atoms with Crippen molar-refractivity contribution in [2.45, 2.75) is 19.5 Å². The van der Waals surface area contributed by atoms with Gasteiger partial charge in [-0.15, -0.1) is 0 Å². The first-order valence-electron chi connectivity index (χ1n) is 5.54. The van der Waals surface area contributed by atoms with E-state index in [1.807, 2.05) is 19.1 Å². The lowest BCUT2D eigenvalue weighted by Crippen LogP contribution is -2.01. The number of halogens is 2. The number of hydrogen-bond acceptors (Lipinski definition) is 2. The van der Waals surface area contributed by atoms with Crippen LogP contribution in [0.25, 0.3) is 10.8 Å². The van der Waals surface area contributed by atoms with Crippen molar-refractivity contribution in [3.63, 3.8) is 0 Å². The number of aldehydes is 1. The Morgan fingerprint density at radius 1 is 1.11 bits per heavy atom. The molecule has 0 aromatic heterocycles. The number of fused-ring (bicyclic) bond motifs is 1. The maximum atomic E-state index is 12.1. The van der Waals surface area contributed by atoms with Gasteiger partial charge in [0.15, 0.2) is 0 Å². The van der Waals surface area contributed by atoms with Crippen molar-refractivity contribution in [2.75, 3.05) is 0 Å². The van der Waals surface area contributed by atoms with Gasteiger partial charge in [0.2, 0.25) is 0 Å². The highest BCUT2D eigenvalue weighted by Crippen LogP contribution is 2.25. The van der Waals surface area contributed by atoms with Gasteiger partial charge in [-0.25, -0.2) is 0 Å². The highest BCUT2D eigenvalue weighted by molar-refractivity contribution is 5.85. The molecule has 0 heterocycles. The first kappa shape index (κ1) is 12.5. The predicted molar refractivity (Wildman–Crippen MR) is 65.1 cm³/mol. The Labute approximate surface area is 103 Å². The zero-order chi connectivity index (χ0) is 13.1.